The quantitative estimate of drug-likeness (QED) is 0.0860. The topological polar surface area (TPSA) is 158 Å². The number of hydrogen-bond acceptors (Lipinski definition) is 13. The highest BCUT2D eigenvalue weighted by molar-refractivity contribution is 5.85. The van der Waals surface area contributed by atoms with Crippen molar-refractivity contribution in [2.24, 2.45) is 23.7 Å². The second kappa shape index (κ2) is 23.9. The Balaban J connectivity index is 0.000000176. The van der Waals surface area contributed by atoms with E-state index in [4.69, 9.17) is 4.74 Å². The summed E-state index contributed by atoms with van der Waals surface area (Å²) < 4.78 is 69.7. The third-order valence-electron chi connectivity index (χ3n) is 16.9. The van der Waals surface area contributed by atoms with Gasteiger partial charge in [0.2, 0.25) is 0 Å². The summed E-state index contributed by atoms with van der Waals surface area (Å²) >= 11 is 0. The van der Waals surface area contributed by atoms with Crippen molar-refractivity contribution < 1.29 is 27.1 Å². The lowest BCUT2D eigenvalue weighted by atomic mass is 9.74. The number of esters is 1. The minimum Gasteiger partial charge on any atom is -0.460 e. The van der Waals surface area contributed by atoms with E-state index < -0.39 is 28.9 Å². The highest BCUT2D eigenvalue weighted by atomic mass is 19.1. The average molecular weight is 1130 g/mol. The summed E-state index contributed by atoms with van der Waals surface area (Å²) in [5.41, 5.74) is 6.13. The number of fused-ring (bicyclic) bond motifs is 4. The van der Waals surface area contributed by atoms with Crippen LogP contribution in [0, 0.1) is 60.8 Å². The first kappa shape index (κ1) is 57.7. The Bertz CT molecular complexity index is 3640. The molecule has 2 aromatic carbocycles. The van der Waals surface area contributed by atoms with Crippen molar-refractivity contribution in [1.82, 2.24) is 64.1 Å². The van der Waals surface area contributed by atoms with Crippen molar-refractivity contribution in [2.75, 3.05) is 32.7 Å². The molecule has 83 heavy (non-hydrogen) atoms. The average Bonchev–Trinajstić information content (AvgIpc) is 3.74. The smallest absolute Gasteiger partial charge is 0.309 e. The van der Waals surface area contributed by atoms with Gasteiger partial charge in [-0.2, -0.15) is 0 Å². The first-order chi connectivity index (χ1) is 39.7. The fraction of sp³-hybridized carbons (Fsp3) is 0.484. The predicted molar refractivity (Wildman–Crippen MR) is 311 cm³/mol. The van der Waals surface area contributed by atoms with Gasteiger partial charge in [-0.1, -0.05) is 6.42 Å². The number of pyridine rings is 2. The summed E-state index contributed by atoms with van der Waals surface area (Å²) in [6, 6.07) is 10.3. The minimum absolute atomic E-state index is 0.0420. The fourth-order valence-corrected chi connectivity index (χ4v) is 13.3. The summed E-state index contributed by atoms with van der Waals surface area (Å²) in [5.74, 6) is 2.09. The van der Waals surface area contributed by atoms with Crippen molar-refractivity contribution in [3.63, 3.8) is 0 Å². The van der Waals surface area contributed by atoms with Gasteiger partial charge >= 0.3 is 5.97 Å². The normalized spacial score (nSPS) is 20.3. The van der Waals surface area contributed by atoms with Gasteiger partial charge in [0.15, 0.2) is 11.6 Å². The number of piperidine rings is 1. The minimum atomic E-state index is -0.527. The molecule has 4 aliphatic rings. The van der Waals surface area contributed by atoms with Gasteiger partial charge in [-0.3, -0.25) is 24.6 Å². The molecule has 1 saturated carbocycles. The molecule has 436 valence electrons. The Morgan fingerprint density at radius 3 is 1.57 bits per heavy atom. The van der Waals surface area contributed by atoms with Gasteiger partial charge in [0.1, 0.15) is 51.6 Å². The molecule has 0 spiro atoms. The molecule has 12 rings (SSSR count). The van der Waals surface area contributed by atoms with E-state index in [0.717, 1.165) is 81.4 Å². The monoisotopic (exact) mass is 1130 g/mol. The van der Waals surface area contributed by atoms with Gasteiger partial charge in [-0.05, 0) is 160 Å². The van der Waals surface area contributed by atoms with Gasteiger partial charge in [-0.15, -0.1) is 0 Å². The number of nitrogens with one attached hydrogen (secondary N) is 1. The Morgan fingerprint density at radius 2 is 1.08 bits per heavy atom. The van der Waals surface area contributed by atoms with Crippen molar-refractivity contribution in [3.8, 4) is 22.3 Å². The molecule has 1 aliphatic carbocycles. The zero-order valence-electron chi connectivity index (χ0n) is 49.1. The molecule has 0 bridgehead atoms. The van der Waals surface area contributed by atoms with Crippen LogP contribution in [-0.2, 0) is 35.5 Å². The number of hydrogen-bond donors (Lipinski definition) is 1. The van der Waals surface area contributed by atoms with E-state index >= 15 is 8.78 Å². The predicted octanol–water partition coefficient (Wildman–Crippen LogP) is 11.7. The van der Waals surface area contributed by atoms with Crippen molar-refractivity contribution in [1.29, 1.82) is 0 Å². The number of carbonyl (C=O) groups excluding carboxylic acids is 1. The van der Waals surface area contributed by atoms with Crippen molar-refractivity contribution >= 4 is 28.0 Å². The first-order valence-corrected chi connectivity index (χ1v) is 29.4. The molecular formula is C64H75F4N13O2. The second-order valence-corrected chi connectivity index (χ2v) is 24.9. The van der Waals surface area contributed by atoms with Crippen LogP contribution in [0.15, 0.2) is 73.6 Å². The van der Waals surface area contributed by atoms with Crippen LogP contribution in [-0.4, -0.2) is 109 Å². The largest absolute Gasteiger partial charge is 0.460 e. The van der Waals surface area contributed by atoms with Gasteiger partial charge in [0.25, 0.3) is 0 Å². The number of carbonyl (C=O) groups is 1. The van der Waals surface area contributed by atoms with Crippen LogP contribution < -0.4 is 5.32 Å². The van der Waals surface area contributed by atoms with Gasteiger partial charge in [0, 0.05) is 116 Å². The van der Waals surface area contributed by atoms with Crippen LogP contribution in [0.1, 0.15) is 138 Å². The molecule has 1 N–H and O–H groups in total. The Labute approximate surface area is 482 Å². The number of likely N-dealkylation sites (tertiary alicyclic amines) is 2. The van der Waals surface area contributed by atoms with E-state index in [0.29, 0.717) is 99.4 Å². The summed E-state index contributed by atoms with van der Waals surface area (Å²) in [7, 11) is 0. The van der Waals surface area contributed by atoms with E-state index in [1.165, 1.54) is 37.4 Å². The maximum absolute atomic E-state index is 15.1. The lowest BCUT2D eigenvalue weighted by Crippen LogP contribution is -2.40. The van der Waals surface area contributed by atoms with Crippen LogP contribution >= 0.6 is 0 Å². The number of benzene rings is 2. The molecule has 19 heteroatoms. The number of halogens is 4. The Kier molecular flexibility index (Phi) is 16.6. The molecule has 15 nitrogen and oxygen atoms in total. The lowest BCUT2D eigenvalue weighted by Gasteiger charge is -2.33. The van der Waals surface area contributed by atoms with Crippen LogP contribution in [0.25, 0.3) is 44.3 Å². The Morgan fingerprint density at radius 1 is 0.602 bits per heavy atom. The molecule has 5 atom stereocenters. The number of aryl methyl sites for hydroxylation is 2. The van der Waals surface area contributed by atoms with E-state index in [-0.39, 0.29) is 35.1 Å². The van der Waals surface area contributed by atoms with Crippen molar-refractivity contribution in [2.45, 2.75) is 144 Å². The second-order valence-electron chi connectivity index (χ2n) is 24.9. The van der Waals surface area contributed by atoms with E-state index in [1.54, 1.807) is 24.3 Å². The number of imidazole rings is 2. The molecular weight excluding hydrogens is 1060 g/mol. The number of aromatic nitrogens is 10. The number of nitrogens with zero attached hydrogens (tertiary/aromatic N) is 12. The van der Waals surface area contributed by atoms with Crippen molar-refractivity contribution in [3.05, 3.63) is 143 Å². The summed E-state index contributed by atoms with van der Waals surface area (Å²) in [4.78, 5) is 53.4. The van der Waals surface area contributed by atoms with Crippen LogP contribution in [0.4, 0.5) is 17.6 Å². The summed E-state index contributed by atoms with van der Waals surface area (Å²) in [6.45, 7) is 24.2. The standard InChI is InChI=1S/C35H42F2N6O2.C29H33F2N7/c1-20(2)43-21(3)41-33-29(36)10-24(11-31(33)43)27-12-25(38-16-30(27)37)13-32-39-14-22(15-40-32)17-42-18-23-8-7-9-26(28(23)19-42)34(44)45-35(4,5)6;1-17(2)38-18(3)36-29-24(30)7-21(8-27(29)38)23-9-22(33-13-25(23)31)10-28-34-11-19(12-35-28)14-37-15-20-5-4-6-32-26(20)16-37/h10-12,14-16,20,23,26,28H,7-9,13,17-19H2,1-6H3;7-9,11-13,17,20,26,32H,4-6,10,14-16H2,1-3H3/t23-,26?,28+;20-,26+/m00/s1. The lowest BCUT2D eigenvalue weighted by molar-refractivity contribution is -0.163. The van der Waals surface area contributed by atoms with Crippen LogP contribution in [0.2, 0.25) is 0 Å². The molecule has 3 aliphatic heterocycles. The molecule has 0 radical (unpaired) electrons. The summed E-state index contributed by atoms with van der Waals surface area (Å²) in [5, 5.41) is 3.64. The molecule has 0 amide bonds. The zero-order valence-corrected chi connectivity index (χ0v) is 49.1. The third-order valence-corrected chi connectivity index (χ3v) is 16.9. The van der Waals surface area contributed by atoms with Crippen LogP contribution in [0.3, 0.4) is 0 Å². The van der Waals surface area contributed by atoms with Gasteiger partial charge < -0.3 is 19.2 Å². The molecule has 6 aromatic heterocycles. The first-order valence-electron chi connectivity index (χ1n) is 29.4. The highest BCUT2D eigenvalue weighted by Crippen LogP contribution is 2.42. The molecule has 4 fully saturated rings. The highest BCUT2D eigenvalue weighted by Gasteiger charge is 2.44. The number of rotatable bonds is 13. The van der Waals surface area contributed by atoms with Crippen LogP contribution in [0.5, 0.6) is 0 Å². The third kappa shape index (κ3) is 12.7. The fourth-order valence-electron chi connectivity index (χ4n) is 13.3. The van der Waals surface area contributed by atoms with E-state index in [9.17, 15) is 13.6 Å². The van der Waals surface area contributed by atoms with Gasteiger partial charge in [0.05, 0.1) is 42.2 Å². The Hall–Kier alpha value is -7.09. The van der Waals surface area contributed by atoms with Gasteiger partial charge in [-0.25, -0.2) is 47.5 Å². The molecule has 1 unspecified atom stereocenters. The number of ether oxygens (including phenoxy) is 1. The molecule has 8 aromatic rings. The molecule has 9 heterocycles. The maximum Gasteiger partial charge on any atom is 0.309 e. The zero-order chi connectivity index (χ0) is 58.4. The summed E-state index contributed by atoms with van der Waals surface area (Å²) in [6.07, 6.45) is 16.1. The van der Waals surface area contributed by atoms with E-state index in [2.05, 4.69) is 55.0 Å². The molecule has 3 saturated heterocycles. The van der Waals surface area contributed by atoms with E-state index in [1.807, 2.05) is 96.2 Å². The maximum atomic E-state index is 15.1. The SMILES string of the molecule is Cc1nc2c(F)cc(-c3cc(Cc4ncc(CN5C[C@@H]6CCCC(C(=O)OC(C)(C)C)[C@@H]6C5)cn4)ncc3F)cc2n1C(C)C.Cc1nc2c(F)cc(-c3cc(Cc4ncc(CN5C[C@@H]6CCCN[C@@H]6C5)cn4)ncc3F)cc2n1C(C)C.